The largest absolute Gasteiger partial charge is 0.465 e. The van der Waals surface area contributed by atoms with Crippen LogP contribution in [0.4, 0.5) is 0 Å². The minimum Gasteiger partial charge on any atom is -0.465 e. The molecule has 116 valence electrons. The third kappa shape index (κ3) is 3.73. The summed E-state index contributed by atoms with van der Waals surface area (Å²) in [6.07, 6.45) is -0.910. The van der Waals surface area contributed by atoms with E-state index in [2.05, 4.69) is 10.1 Å². The lowest BCUT2D eigenvalue weighted by Gasteiger charge is -2.10. The van der Waals surface area contributed by atoms with Crippen molar-refractivity contribution in [2.75, 3.05) is 13.7 Å². The van der Waals surface area contributed by atoms with E-state index in [4.69, 9.17) is 4.42 Å². The molecule has 0 saturated carbocycles. The van der Waals surface area contributed by atoms with Gasteiger partial charge in [-0.25, -0.2) is 4.79 Å². The average molecular weight is 303 g/mol. The SMILES string of the molecule is COC(=O)c1ccc(C(=O)NCC(O)c2ccc(C)o2)cc1. The molecule has 0 radical (unpaired) electrons. The number of methoxy groups -OCH3 is 1. The monoisotopic (exact) mass is 303 g/mol. The van der Waals surface area contributed by atoms with E-state index in [1.807, 2.05) is 0 Å². The van der Waals surface area contributed by atoms with Crippen molar-refractivity contribution in [3.8, 4) is 0 Å². The Morgan fingerprint density at radius 2 is 1.82 bits per heavy atom. The van der Waals surface area contributed by atoms with E-state index in [1.165, 1.54) is 31.4 Å². The van der Waals surface area contributed by atoms with E-state index in [0.29, 0.717) is 22.6 Å². The molecule has 0 bridgehead atoms. The lowest BCUT2D eigenvalue weighted by Crippen LogP contribution is -2.28. The second-order valence-corrected chi connectivity index (χ2v) is 4.74. The Hall–Kier alpha value is -2.60. The number of ether oxygens (including phenoxy) is 1. The normalized spacial score (nSPS) is 11.8. The summed E-state index contributed by atoms with van der Waals surface area (Å²) in [7, 11) is 1.29. The molecule has 1 unspecified atom stereocenters. The van der Waals surface area contributed by atoms with Crippen molar-refractivity contribution in [1.82, 2.24) is 5.32 Å². The van der Waals surface area contributed by atoms with E-state index in [0.717, 1.165) is 0 Å². The summed E-state index contributed by atoms with van der Waals surface area (Å²) in [4.78, 5) is 23.3. The standard InChI is InChI=1S/C16H17NO5/c1-10-3-8-14(22-10)13(18)9-17-15(19)11-4-6-12(7-5-11)16(20)21-2/h3-8,13,18H,9H2,1-2H3,(H,17,19). The molecular formula is C16H17NO5. The Kier molecular flexibility index (Phi) is 4.95. The van der Waals surface area contributed by atoms with Crippen LogP contribution in [0.15, 0.2) is 40.8 Å². The molecule has 1 aromatic heterocycles. The zero-order valence-corrected chi connectivity index (χ0v) is 12.3. The topological polar surface area (TPSA) is 88.8 Å². The number of hydrogen-bond acceptors (Lipinski definition) is 5. The van der Waals surface area contributed by atoms with Gasteiger partial charge in [0.05, 0.1) is 19.2 Å². The number of amides is 1. The molecule has 0 aliphatic heterocycles. The van der Waals surface area contributed by atoms with Crippen LogP contribution in [0.1, 0.15) is 38.3 Å². The van der Waals surface area contributed by atoms with E-state index in [1.54, 1.807) is 19.1 Å². The summed E-state index contributed by atoms with van der Waals surface area (Å²) in [6.45, 7) is 1.81. The molecule has 6 heteroatoms. The van der Waals surface area contributed by atoms with Gasteiger partial charge in [-0.05, 0) is 43.3 Å². The van der Waals surface area contributed by atoms with Gasteiger partial charge in [-0.2, -0.15) is 0 Å². The molecule has 0 aliphatic rings. The van der Waals surface area contributed by atoms with Crippen LogP contribution in [0.5, 0.6) is 0 Å². The van der Waals surface area contributed by atoms with Crippen molar-refractivity contribution in [3.63, 3.8) is 0 Å². The second-order valence-electron chi connectivity index (χ2n) is 4.74. The number of esters is 1. The highest BCUT2D eigenvalue weighted by atomic mass is 16.5. The summed E-state index contributed by atoms with van der Waals surface area (Å²) in [5.41, 5.74) is 0.751. The first kappa shape index (κ1) is 15.8. The fraction of sp³-hybridized carbons (Fsp3) is 0.250. The summed E-state index contributed by atoms with van der Waals surface area (Å²) in [5.74, 6) is 0.284. The van der Waals surface area contributed by atoms with Gasteiger partial charge < -0.3 is 19.6 Å². The van der Waals surface area contributed by atoms with Crippen molar-refractivity contribution < 1.29 is 23.8 Å². The fourth-order valence-corrected chi connectivity index (χ4v) is 1.90. The highest BCUT2D eigenvalue weighted by molar-refractivity contribution is 5.96. The smallest absolute Gasteiger partial charge is 0.337 e. The number of aliphatic hydroxyl groups is 1. The Bertz CT molecular complexity index is 659. The average Bonchev–Trinajstić information content (AvgIpc) is 2.98. The van der Waals surface area contributed by atoms with Crippen molar-refractivity contribution in [2.45, 2.75) is 13.0 Å². The maximum absolute atomic E-state index is 12.0. The molecule has 0 fully saturated rings. The number of rotatable bonds is 5. The predicted octanol–water partition coefficient (Wildman–Crippen LogP) is 1.84. The highest BCUT2D eigenvalue weighted by Gasteiger charge is 2.14. The van der Waals surface area contributed by atoms with E-state index < -0.39 is 12.1 Å². The van der Waals surface area contributed by atoms with Gasteiger partial charge in [-0.15, -0.1) is 0 Å². The molecule has 0 aliphatic carbocycles. The van der Waals surface area contributed by atoms with Crippen molar-refractivity contribution in [3.05, 3.63) is 59.0 Å². The summed E-state index contributed by atoms with van der Waals surface area (Å²) in [6, 6.07) is 9.46. The third-order valence-electron chi connectivity index (χ3n) is 3.11. The number of carbonyl (C=O) groups is 2. The summed E-state index contributed by atoms with van der Waals surface area (Å²) in [5, 5.41) is 12.5. The van der Waals surface area contributed by atoms with Crippen LogP contribution in [0.25, 0.3) is 0 Å². The van der Waals surface area contributed by atoms with Crippen LogP contribution in [0.2, 0.25) is 0 Å². The minimum absolute atomic E-state index is 0.0323. The van der Waals surface area contributed by atoms with Gasteiger partial charge in [0.15, 0.2) is 0 Å². The third-order valence-corrected chi connectivity index (χ3v) is 3.11. The molecule has 6 nitrogen and oxygen atoms in total. The Morgan fingerprint density at radius 1 is 1.18 bits per heavy atom. The van der Waals surface area contributed by atoms with Crippen LogP contribution in [0.3, 0.4) is 0 Å². The zero-order valence-electron chi connectivity index (χ0n) is 12.3. The summed E-state index contributed by atoms with van der Waals surface area (Å²) < 4.78 is 9.87. The maximum Gasteiger partial charge on any atom is 0.337 e. The van der Waals surface area contributed by atoms with Gasteiger partial charge in [0.2, 0.25) is 0 Å². The Labute approximate surface area is 127 Å². The van der Waals surface area contributed by atoms with E-state index in [-0.39, 0.29) is 12.5 Å². The first-order valence-electron chi connectivity index (χ1n) is 6.72. The van der Waals surface area contributed by atoms with Crippen molar-refractivity contribution in [1.29, 1.82) is 0 Å². The quantitative estimate of drug-likeness (QED) is 0.823. The van der Waals surface area contributed by atoms with Crippen molar-refractivity contribution >= 4 is 11.9 Å². The molecule has 1 atom stereocenters. The van der Waals surface area contributed by atoms with Gasteiger partial charge in [-0.1, -0.05) is 0 Å². The number of aliphatic hydroxyl groups excluding tert-OH is 1. The molecule has 2 aromatic rings. The minimum atomic E-state index is -0.910. The molecular weight excluding hydrogens is 286 g/mol. The summed E-state index contributed by atoms with van der Waals surface area (Å²) >= 11 is 0. The number of hydrogen-bond donors (Lipinski definition) is 2. The fourth-order valence-electron chi connectivity index (χ4n) is 1.90. The van der Waals surface area contributed by atoms with Gasteiger partial charge in [0.25, 0.3) is 5.91 Å². The number of aryl methyl sites for hydroxylation is 1. The molecule has 1 aromatic carbocycles. The molecule has 2 N–H and O–H groups in total. The van der Waals surface area contributed by atoms with Gasteiger partial charge in [0.1, 0.15) is 17.6 Å². The molecule has 1 heterocycles. The van der Waals surface area contributed by atoms with Crippen molar-refractivity contribution in [2.24, 2.45) is 0 Å². The number of benzene rings is 1. The molecule has 22 heavy (non-hydrogen) atoms. The van der Waals surface area contributed by atoms with Crippen LogP contribution in [-0.2, 0) is 4.74 Å². The lowest BCUT2D eigenvalue weighted by molar-refractivity contribution is 0.0600. The van der Waals surface area contributed by atoms with Gasteiger partial charge in [0, 0.05) is 5.56 Å². The first-order chi connectivity index (χ1) is 10.5. The highest BCUT2D eigenvalue weighted by Crippen LogP contribution is 2.15. The molecule has 2 rings (SSSR count). The number of nitrogens with one attached hydrogen (secondary N) is 1. The second kappa shape index (κ2) is 6.91. The van der Waals surface area contributed by atoms with Gasteiger partial charge >= 0.3 is 5.97 Å². The van der Waals surface area contributed by atoms with Crippen LogP contribution in [-0.4, -0.2) is 30.6 Å². The molecule has 0 saturated heterocycles. The number of furan rings is 1. The van der Waals surface area contributed by atoms with Gasteiger partial charge in [-0.3, -0.25) is 4.79 Å². The zero-order chi connectivity index (χ0) is 16.1. The lowest BCUT2D eigenvalue weighted by atomic mass is 10.1. The predicted molar refractivity (Wildman–Crippen MR) is 78.5 cm³/mol. The van der Waals surface area contributed by atoms with Crippen LogP contribution >= 0.6 is 0 Å². The van der Waals surface area contributed by atoms with E-state index in [9.17, 15) is 14.7 Å². The maximum atomic E-state index is 12.0. The Morgan fingerprint density at radius 3 is 2.36 bits per heavy atom. The number of carbonyl (C=O) groups excluding carboxylic acids is 2. The van der Waals surface area contributed by atoms with E-state index >= 15 is 0 Å². The van der Waals surface area contributed by atoms with Crippen LogP contribution < -0.4 is 5.32 Å². The van der Waals surface area contributed by atoms with Crippen LogP contribution in [0, 0.1) is 6.92 Å². The molecule has 0 spiro atoms. The Balaban J connectivity index is 1.93. The first-order valence-corrected chi connectivity index (χ1v) is 6.72. The molecule has 1 amide bonds.